The van der Waals surface area contributed by atoms with Crippen molar-refractivity contribution < 1.29 is 9.59 Å². The third kappa shape index (κ3) is 3.84. The second-order valence-electron chi connectivity index (χ2n) is 6.64. The Morgan fingerprint density at radius 2 is 1.72 bits per heavy atom. The lowest BCUT2D eigenvalue weighted by Gasteiger charge is -2.08. The first kappa shape index (κ1) is 18.4. The van der Waals surface area contributed by atoms with Crippen molar-refractivity contribution >= 4 is 22.9 Å². The molecule has 4 aromatic rings. The van der Waals surface area contributed by atoms with Gasteiger partial charge in [0.1, 0.15) is 12.1 Å². The minimum absolute atomic E-state index is 0.0431. The fourth-order valence-electron chi connectivity index (χ4n) is 3.04. The highest BCUT2D eigenvalue weighted by atomic mass is 16.2. The van der Waals surface area contributed by atoms with E-state index in [1.807, 2.05) is 30.3 Å². The Bertz CT molecular complexity index is 1250. The van der Waals surface area contributed by atoms with Crippen LogP contribution in [0.4, 0.5) is 5.69 Å². The maximum Gasteiger partial charge on any atom is 0.277 e. The predicted octanol–water partition coefficient (Wildman–Crippen LogP) is 3.00. The topological polar surface area (TPSA) is 85.5 Å². The standard InChI is InChI=1S/C22H18N4O3/c1-15(27)16-7-9-18(10-8-16)23-21(28)14-25-11-12-26-20(22(25)29)13-19(24-26)17-5-3-2-4-6-17/h2-13H,14H2,1H3,(H,23,28). The van der Waals surface area contributed by atoms with Gasteiger partial charge in [-0.05, 0) is 37.3 Å². The number of anilines is 1. The summed E-state index contributed by atoms with van der Waals surface area (Å²) in [6, 6.07) is 17.9. The largest absolute Gasteiger partial charge is 0.325 e. The smallest absolute Gasteiger partial charge is 0.277 e. The third-order valence-electron chi connectivity index (χ3n) is 4.56. The molecule has 2 aromatic carbocycles. The van der Waals surface area contributed by atoms with E-state index in [-0.39, 0.29) is 23.8 Å². The van der Waals surface area contributed by atoms with E-state index in [0.29, 0.717) is 22.5 Å². The number of benzene rings is 2. The summed E-state index contributed by atoms with van der Waals surface area (Å²) >= 11 is 0. The highest BCUT2D eigenvalue weighted by Gasteiger charge is 2.11. The number of nitrogens with zero attached hydrogens (tertiary/aromatic N) is 3. The SMILES string of the molecule is CC(=O)c1ccc(NC(=O)Cn2ccn3nc(-c4ccccc4)cc3c2=O)cc1. The third-order valence-corrected chi connectivity index (χ3v) is 4.56. The van der Waals surface area contributed by atoms with Gasteiger partial charge in [-0.15, -0.1) is 0 Å². The van der Waals surface area contributed by atoms with Gasteiger partial charge in [0, 0.05) is 29.2 Å². The summed E-state index contributed by atoms with van der Waals surface area (Å²) < 4.78 is 2.85. The summed E-state index contributed by atoms with van der Waals surface area (Å²) in [4.78, 5) is 36.4. The molecular weight excluding hydrogens is 368 g/mol. The first-order valence-corrected chi connectivity index (χ1v) is 9.06. The van der Waals surface area contributed by atoms with Crippen molar-refractivity contribution in [1.29, 1.82) is 0 Å². The van der Waals surface area contributed by atoms with E-state index in [9.17, 15) is 14.4 Å². The monoisotopic (exact) mass is 386 g/mol. The van der Waals surface area contributed by atoms with E-state index >= 15 is 0 Å². The molecule has 0 atom stereocenters. The van der Waals surface area contributed by atoms with Crippen LogP contribution >= 0.6 is 0 Å². The molecule has 0 spiro atoms. The van der Waals surface area contributed by atoms with Crippen molar-refractivity contribution in [2.75, 3.05) is 5.32 Å². The van der Waals surface area contributed by atoms with E-state index in [4.69, 9.17) is 0 Å². The Morgan fingerprint density at radius 3 is 2.41 bits per heavy atom. The fourth-order valence-corrected chi connectivity index (χ4v) is 3.04. The lowest BCUT2D eigenvalue weighted by Crippen LogP contribution is -2.28. The average Bonchev–Trinajstić information content (AvgIpc) is 3.16. The molecule has 0 saturated heterocycles. The van der Waals surface area contributed by atoms with Gasteiger partial charge in [-0.1, -0.05) is 30.3 Å². The van der Waals surface area contributed by atoms with Gasteiger partial charge in [-0.2, -0.15) is 5.10 Å². The second kappa shape index (κ2) is 7.55. The zero-order valence-electron chi connectivity index (χ0n) is 15.7. The molecule has 0 radical (unpaired) electrons. The number of amides is 1. The molecule has 7 nitrogen and oxygen atoms in total. The fraction of sp³-hybridized carbons (Fsp3) is 0.0909. The highest BCUT2D eigenvalue weighted by Crippen LogP contribution is 2.17. The van der Waals surface area contributed by atoms with Crippen LogP contribution in [0.5, 0.6) is 0 Å². The van der Waals surface area contributed by atoms with Gasteiger partial charge in [0.25, 0.3) is 5.56 Å². The van der Waals surface area contributed by atoms with E-state index < -0.39 is 0 Å². The summed E-state index contributed by atoms with van der Waals surface area (Å²) in [6.45, 7) is 1.35. The zero-order valence-corrected chi connectivity index (χ0v) is 15.7. The summed E-state index contributed by atoms with van der Waals surface area (Å²) in [5.41, 5.74) is 2.82. The summed E-state index contributed by atoms with van der Waals surface area (Å²) in [7, 11) is 0. The number of ketones is 1. The van der Waals surface area contributed by atoms with Crippen LogP contribution in [0.3, 0.4) is 0 Å². The number of aromatic nitrogens is 3. The number of hydrogen-bond donors (Lipinski definition) is 1. The molecule has 0 aliphatic heterocycles. The van der Waals surface area contributed by atoms with E-state index in [0.717, 1.165) is 5.56 Å². The molecule has 4 rings (SSSR count). The second-order valence-corrected chi connectivity index (χ2v) is 6.64. The molecule has 29 heavy (non-hydrogen) atoms. The molecule has 7 heteroatoms. The quantitative estimate of drug-likeness (QED) is 0.534. The van der Waals surface area contributed by atoms with Crippen molar-refractivity contribution in [1.82, 2.24) is 14.2 Å². The van der Waals surface area contributed by atoms with Gasteiger partial charge in [0.15, 0.2) is 5.78 Å². The Hall–Kier alpha value is -4.00. The number of nitrogens with one attached hydrogen (secondary N) is 1. The van der Waals surface area contributed by atoms with Gasteiger partial charge < -0.3 is 9.88 Å². The van der Waals surface area contributed by atoms with E-state index in [2.05, 4.69) is 10.4 Å². The molecule has 1 N–H and O–H groups in total. The minimum atomic E-state index is -0.338. The van der Waals surface area contributed by atoms with Gasteiger partial charge >= 0.3 is 0 Å². The number of rotatable bonds is 5. The van der Waals surface area contributed by atoms with Crippen molar-refractivity contribution in [3.8, 4) is 11.3 Å². The number of fused-ring (bicyclic) bond motifs is 1. The van der Waals surface area contributed by atoms with Crippen molar-refractivity contribution in [3.63, 3.8) is 0 Å². The van der Waals surface area contributed by atoms with Crippen LogP contribution in [0.15, 0.2) is 77.9 Å². The number of carbonyl (C=O) groups is 2. The van der Waals surface area contributed by atoms with E-state index in [1.54, 1.807) is 36.5 Å². The van der Waals surface area contributed by atoms with Crippen molar-refractivity contribution in [3.05, 3.63) is 89.0 Å². The van der Waals surface area contributed by atoms with Crippen molar-refractivity contribution in [2.45, 2.75) is 13.5 Å². The highest BCUT2D eigenvalue weighted by molar-refractivity contribution is 5.95. The molecule has 0 unspecified atom stereocenters. The lowest BCUT2D eigenvalue weighted by molar-refractivity contribution is -0.116. The van der Waals surface area contributed by atoms with Gasteiger partial charge in [0.2, 0.25) is 5.91 Å². The van der Waals surface area contributed by atoms with Crippen molar-refractivity contribution in [2.24, 2.45) is 0 Å². The number of hydrogen-bond acceptors (Lipinski definition) is 4. The predicted molar refractivity (Wildman–Crippen MR) is 110 cm³/mol. The molecule has 144 valence electrons. The Morgan fingerprint density at radius 1 is 1.00 bits per heavy atom. The molecule has 1 amide bonds. The normalized spacial score (nSPS) is 10.8. The maximum atomic E-state index is 12.8. The first-order valence-electron chi connectivity index (χ1n) is 9.06. The van der Waals surface area contributed by atoms with Crippen LogP contribution in [0.25, 0.3) is 16.8 Å². The summed E-state index contributed by atoms with van der Waals surface area (Å²) in [5.74, 6) is -0.381. The first-order chi connectivity index (χ1) is 14.0. The Balaban J connectivity index is 1.54. The van der Waals surface area contributed by atoms with Gasteiger partial charge in [-0.3, -0.25) is 14.4 Å². The number of Topliss-reactive ketones (excluding diaryl/α,β-unsaturated/α-hetero) is 1. The molecule has 0 aliphatic carbocycles. The molecule has 2 aromatic heterocycles. The van der Waals surface area contributed by atoms with Crippen LogP contribution < -0.4 is 10.9 Å². The Labute approximate surface area is 166 Å². The minimum Gasteiger partial charge on any atom is -0.325 e. The van der Waals surface area contributed by atoms with Crippen LogP contribution in [0.2, 0.25) is 0 Å². The van der Waals surface area contributed by atoms with Gasteiger partial charge in [-0.25, -0.2) is 4.52 Å². The molecule has 0 saturated carbocycles. The van der Waals surface area contributed by atoms with Crippen LogP contribution in [0, 0.1) is 0 Å². The summed E-state index contributed by atoms with van der Waals surface area (Å²) in [5, 5.41) is 7.16. The molecule has 0 bridgehead atoms. The van der Waals surface area contributed by atoms with Crippen LogP contribution in [-0.2, 0) is 11.3 Å². The molecule has 0 aliphatic rings. The lowest BCUT2D eigenvalue weighted by atomic mass is 10.1. The van der Waals surface area contributed by atoms with Gasteiger partial charge in [0.05, 0.1) is 5.69 Å². The average molecular weight is 386 g/mol. The van der Waals surface area contributed by atoms with Crippen LogP contribution in [-0.4, -0.2) is 25.9 Å². The number of carbonyl (C=O) groups excluding carboxylic acids is 2. The Kier molecular flexibility index (Phi) is 4.78. The maximum absolute atomic E-state index is 12.8. The van der Waals surface area contributed by atoms with Crippen LogP contribution in [0.1, 0.15) is 17.3 Å². The zero-order chi connectivity index (χ0) is 20.4. The van der Waals surface area contributed by atoms with E-state index in [1.165, 1.54) is 22.2 Å². The molecule has 2 heterocycles. The summed E-state index contributed by atoms with van der Waals surface area (Å²) in [6.07, 6.45) is 3.19. The molecule has 0 fully saturated rings. The molecular formula is C22H18N4O3.